The number of thiophene rings is 1. The Labute approximate surface area is 121 Å². The van der Waals surface area contributed by atoms with Crippen molar-refractivity contribution >= 4 is 11.3 Å². The Morgan fingerprint density at radius 3 is 2.70 bits per heavy atom. The smallest absolute Gasteiger partial charge is 0.129 e. The third-order valence-electron chi connectivity index (χ3n) is 3.06. The van der Waals surface area contributed by atoms with E-state index in [-0.39, 0.29) is 6.04 Å². The average molecular weight is 297 g/mol. The molecule has 0 fully saturated rings. The molecule has 0 spiro atoms. The third kappa shape index (κ3) is 3.55. The Kier molecular flexibility index (Phi) is 5.09. The topological polar surface area (TPSA) is 21.3 Å². The highest BCUT2D eigenvalue weighted by atomic mass is 32.1. The van der Waals surface area contributed by atoms with E-state index in [0.29, 0.717) is 12.0 Å². The summed E-state index contributed by atoms with van der Waals surface area (Å²) in [5.74, 6) is -0.257. The Morgan fingerprint density at radius 2 is 2.10 bits per heavy atom. The number of rotatable bonds is 6. The Hall–Kier alpha value is -1.46. The van der Waals surface area contributed by atoms with Gasteiger partial charge in [-0.1, -0.05) is 13.0 Å². The first-order chi connectivity index (χ1) is 9.63. The second-order valence-corrected chi connectivity index (χ2v) is 5.38. The lowest BCUT2D eigenvalue weighted by Crippen LogP contribution is -2.22. The summed E-state index contributed by atoms with van der Waals surface area (Å²) in [4.78, 5) is 1.08. The summed E-state index contributed by atoms with van der Waals surface area (Å²) in [6, 6.07) is 5.65. The molecule has 20 heavy (non-hydrogen) atoms. The van der Waals surface area contributed by atoms with E-state index in [1.807, 2.05) is 18.4 Å². The Balaban J connectivity index is 2.20. The van der Waals surface area contributed by atoms with Gasteiger partial charge in [-0.3, -0.25) is 0 Å². The lowest BCUT2D eigenvalue weighted by atomic mass is 10.0. The SMILES string of the molecule is CCNC(Cc1ccc(F)cc1F)c1cc(OC)cs1. The van der Waals surface area contributed by atoms with Crippen LogP contribution in [0.2, 0.25) is 0 Å². The van der Waals surface area contributed by atoms with Crippen LogP contribution in [0.4, 0.5) is 8.78 Å². The van der Waals surface area contributed by atoms with Crippen LogP contribution in [0, 0.1) is 11.6 Å². The Bertz CT molecular complexity index is 571. The molecule has 5 heteroatoms. The molecule has 108 valence electrons. The van der Waals surface area contributed by atoms with Crippen LogP contribution in [0.5, 0.6) is 5.75 Å². The molecule has 0 aliphatic heterocycles. The van der Waals surface area contributed by atoms with E-state index in [4.69, 9.17) is 4.74 Å². The van der Waals surface area contributed by atoms with E-state index >= 15 is 0 Å². The van der Waals surface area contributed by atoms with Crippen LogP contribution >= 0.6 is 11.3 Å². The summed E-state index contributed by atoms with van der Waals surface area (Å²) in [7, 11) is 1.62. The summed E-state index contributed by atoms with van der Waals surface area (Å²) >= 11 is 1.57. The van der Waals surface area contributed by atoms with Crippen molar-refractivity contribution in [2.75, 3.05) is 13.7 Å². The van der Waals surface area contributed by atoms with Gasteiger partial charge >= 0.3 is 0 Å². The van der Waals surface area contributed by atoms with Crippen molar-refractivity contribution in [3.05, 3.63) is 51.7 Å². The number of halogens is 2. The van der Waals surface area contributed by atoms with Crippen LogP contribution in [0.1, 0.15) is 23.4 Å². The van der Waals surface area contributed by atoms with Gasteiger partial charge in [-0.15, -0.1) is 11.3 Å². The molecule has 1 unspecified atom stereocenters. The molecule has 0 radical (unpaired) electrons. The lowest BCUT2D eigenvalue weighted by Gasteiger charge is -2.16. The van der Waals surface area contributed by atoms with Crippen LogP contribution in [0.15, 0.2) is 29.6 Å². The summed E-state index contributed by atoms with van der Waals surface area (Å²) in [5, 5.41) is 5.24. The standard InChI is InChI=1S/C15H17F2NOS/c1-3-18-14(15-8-12(19-2)9-20-15)6-10-4-5-11(16)7-13(10)17/h4-5,7-9,14,18H,3,6H2,1-2H3. The summed E-state index contributed by atoms with van der Waals surface area (Å²) in [6.07, 6.45) is 0.476. The first kappa shape index (κ1) is 14.9. The van der Waals surface area contributed by atoms with Crippen LogP contribution in [0.25, 0.3) is 0 Å². The molecule has 0 bridgehead atoms. The van der Waals surface area contributed by atoms with Crippen molar-refractivity contribution in [2.24, 2.45) is 0 Å². The highest BCUT2D eigenvalue weighted by Gasteiger charge is 2.16. The molecule has 1 N–H and O–H groups in total. The van der Waals surface area contributed by atoms with Gasteiger partial charge in [-0.05, 0) is 30.7 Å². The van der Waals surface area contributed by atoms with E-state index in [0.717, 1.165) is 23.2 Å². The van der Waals surface area contributed by atoms with Gasteiger partial charge < -0.3 is 10.1 Å². The molecule has 2 aromatic rings. The van der Waals surface area contributed by atoms with E-state index in [2.05, 4.69) is 5.32 Å². The molecule has 1 atom stereocenters. The molecule has 2 nitrogen and oxygen atoms in total. The molecule has 2 rings (SSSR count). The van der Waals surface area contributed by atoms with Gasteiger partial charge in [-0.2, -0.15) is 0 Å². The van der Waals surface area contributed by atoms with E-state index in [1.165, 1.54) is 12.1 Å². The number of methoxy groups -OCH3 is 1. The number of hydrogen-bond acceptors (Lipinski definition) is 3. The van der Waals surface area contributed by atoms with Crippen molar-refractivity contribution in [1.82, 2.24) is 5.32 Å². The molecular weight excluding hydrogens is 280 g/mol. The first-order valence-corrected chi connectivity index (χ1v) is 7.31. The fourth-order valence-corrected chi connectivity index (χ4v) is 2.98. The van der Waals surface area contributed by atoms with E-state index < -0.39 is 11.6 Å². The zero-order chi connectivity index (χ0) is 14.5. The molecule has 1 aromatic heterocycles. The number of hydrogen-bond donors (Lipinski definition) is 1. The van der Waals surface area contributed by atoms with Gasteiger partial charge in [-0.25, -0.2) is 8.78 Å². The highest BCUT2D eigenvalue weighted by Crippen LogP contribution is 2.29. The molecular formula is C15H17F2NOS. The summed E-state index contributed by atoms with van der Waals surface area (Å²) in [5.41, 5.74) is 0.504. The monoisotopic (exact) mass is 297 g/mol. The van der Waals surface area contributed by atoms with Gasteiger partial charge in [0.2, 0.25) is 0 Å². The predicted molar refractivity (Wildman–Crippen MR) is 77.4 cm³/mol. The first-order valence-electron chi connectivity index (χ1n) is 6.43. The van der Waals surface area contributed by atoms with Crippen LogP contribution in [-0.4, -0.2) is 13.7 Å². The fraction of sp³-hybridized carbons (Fsp3) is 0.333. The molecule has 0 saturated heterocycles. The highest BCUT2D eigenvalue weighted by molar-refractivity contribution is 7.10. The third-order valence-corrected chi connectivity index (χ3v) is 4.09. The minimum absolute atomic E-state index is 0.00568. The van der Waals surface area contributed by atoms with Gasteiger partial charge in [0.25, 0.3) is 0 Å². The molecule has 1 heterocycles. The minimum atomic E-state index is -0.552. The lowest BCUT2D eigenvalue weighted by molar-refractivity contribution is 0.415. The maximum Gasteiger partial charge on any atom is 0.129 e. The van der Waals surface area contributed by atoms with Gasteiger partial charge in [0, 0.05) is 22.4 Å². The van der Waals surface area contributed by atoms with Crippen molar-refractivity contribution in [3.8, 4) is 5.75 Å². The second kappa shape index (κ2) is 6.81. The second-order valence-electron chi connectivity index (χ2n) is 4.44. The van der Waals surface area contributed by atoms with Crippen molar-refractivity contribution in [3.63, 3.8) is 0 Å². The van der Waals surface area contributed by atoms with Crippen LogP contribution in [0.3, 0.4) is 0 Å². The molecule has 0 amide bonds. The maximum atomic E-state index is 13.7. The van der Waals surface area contributed by atoms with Crippen molar-refractivity contribution in [2.45, 2.75) is 19.4 Å². The van der Waals surface area contributed by atoms with Gasteiger partial charge in [0.15, 0.2) is 0 Å². The summed E-state index contributed by atoms with van der Waals surface area (Å²) in [6.45, 7) is 2.77. The summed E-state index contributed by atoms with van der Waals surface area (Å²) < 4.78 is 31.9. The predicted octanol–water partition coefficient (Wildman–Crippen LogP) is 3.93. The average Bonchev–Trinajstić information content (AvgIpc) is 2.90. The largest absolute Gasteiger partial charge is 0.496 e. The van der Waals surface area contributed by atoms with Gasteiger partial charge in [0.05, 0.1) is 7.11 Å². The number of benzene rings is 1. The molecule has 0 aliphatic carbocycles. The van der Waals surface area contributed by atoms with Crippen LogP contribution < -0.4 is 10.1 Å². The zero-order valence-electron chi connectivity index (χ0n) is 11.5. The van der Waals surface area contributed by atoms with E-state index in [1.54, 1.807) is 18.4 Å². The fourth-order valence-electron chi connectivity index (χ4n) is 2.05. The quantitative estimate of drug-likeness (QED) is 0.872. The number of likely N-dealkylation sites (N-methyl/N-ethyl adjacent to an activating group) is 1. The molecule has 0 aliphatic rings. The number of ether oxygens (including phenoxy) is 1. The Morgan fingerprint density at radius 1 is 1.30 bits per heavy atom. The number of nitrogens with one attached hydrogen (secondary N) is 1. The maximum absolute atomic E-state index is 13.7. The van der Waals surface area contributed by atoms with E-state index in [9.17, 15) is 8.78 Å². The van der Waals surface area contributed by atoms with Crippen LogP contribution in [-0.2, 0) is 6.42 Å². The molecule has 0 saturated carbocycles. The zero-order valence-corrected chi connectivity index (χ0v) is 12.3. The molecule has 1 aromatic carbocycles. The minimum Gasteiger partial charge on any atom is -0.496 e. The van der Waals surface area contributed by atoms with Crippen molar-refractivity contribution < 1.29 is 13.5 Å². The van der Waals surface area contributed by atoms with Crippen molar-refractivity contribution in [1.29, 1.82) is 0 Å². The van der Waals surface area contributed by atoms with Gasteiger partial charge in [0.1, 0.15) is 17.4 Å². The normalized spacial score (nSPS) is 12.4.